The van der Waals surface area contributed by atoms with Gasteiger partial charge in [-0.1, -0.05) is 0 Å². The lowest BCUT2D eigenvalue weighted by molar-refractivity contribution is -0.121. The molecule has 0 aromatic rings. The summed E-state index contributed by atoms with van der Waals surface area (Å²) in [6.07, 6.45) is 1.30. The SMILES string of the molecule is N#CC1(C(N)=O)CC1. The first-order valence-electron chi connectivity index (χ1n) is 2.42. The van der Waals surface area contributed by atoms with Crippen molar-refractivity contribution in [2.45, 2.75) is 12.8 Å². The molecule has 0 aromatic carbocycles. The molecule has 42 valence electrons. The third kappa shape index (κ3) is 0.463. The molecule has 0 unspecified atom stereocenters. The van der Waals surface area contributed by atoms with E-state index in [-0.39, 0.29) is 0 Å². The van der Waals surface area contributed by atoms with E-state index in [2.05, 4.69) is 0 Å². The molecule has 0 saturated heterocycles. The van der Waals surface area contributed by atoms with Crippen molar-refractivity contribution in [3.8, 4) is 6.07 Å². The fourth-order valence-electron chi connectivity index (χ4n) is 0.538. The molecule has 0 atom stereocenters. The summed E-state index contributed by atoms with van der Waals surface area (Å²) in [7, 11) is 0. The number of rotatable bonds is 1. The lowest BCUT2D eigenvalue weighted by Crippen LogP contribution is -2.22. The summed E-state index contributed by atoms with van der Waals surface area (Å²) in [5.74, 6) is -0.472. The van der Waals surface area contributed by atoms with Gasteiger partial charge < -0.3 is 5.73 Å². The van der Waals surface area contributed by atoms with Crippen LogP contribution in [-0.2, 0) is 4.79 Å². The molecular formula is C5H6N2O. The van der Waals surface area contributed by atoms with Crippen LogP contribution < -0.4 is 5.73 Å². The van der Waals surface area contributed by atoms with Crippen molar-refractivity contribution in [1.82, 2.24) is 0 Å². The van der Waals surface area contributed by atoms with Gasteiger partial charge in [-0.2, -0.15) is 5.26 Å². The van der Waals surface area contributed by atoms with Crippen LogP contribution in [0.15, 0.2) is 0 Å². The van der Waals surface area contributed by atoms with Crippen LogP contribution in [0.25, 0.3) is 0 Å². The highest BCUT2D eigenvalue weighted by molar-refractivity contribution is 5.86. The highest BCUT2D eigenvalue weighted by Crippen LogP contribution is 2.44. The Morgan fingerprint density at radius 3 is 2.25 bits per heavy atom. The zero-order valence-corrected chi connectivity index (χ0v) is 4.35. The number of hydrogen-bond acceptors (Lipinski definition) is 2. The third-order valence-corrected chi connectivity index (χ3v) is 1.44. The number of amides is 1. The summed E-state index contributed by atoms with van der Waals surface area (Å²) in [5, 5.41) is 8.28. The average molecular weight is 110 g/mol. The molecule has 2 N–H and O–H groups in total. The monoisotopic (exact) mass is 110 g/mol. The van der Waals surface area contributed by atoms with Crippen molar-refractivity contribution in [2.75, 3.05) is 0 Å². The molecule has 1 fully saturated rings. The van der Waals surface area contributed by atoms with Crippen LogP contribution in [-0.4, -0.2) is 5.91 Å². The molecule has 8 heavy (non-hydrogen) atoms. The minimum Gasteiger partial charge on any atom is -0.368 e. The smallest absolute Gasteiger partial charge is 0.237 e. The Morgan fingerprint density at radius 1 is 1.75 bits per heavy atom. The third-order valence-electron chi connectivity index (χ3n) is 1.44. The number of carbonyl (C=O) groups is 1. The predicted octanol–water partition coefficient (Wildman–Crippen LogP) is -0.225. The Morgan fingerprint density at radius 2 is 2.25 bits per heavy atom. The molecular weight excluding hydrogens is 104 g/mol. The van der Waals surface area contributed by atoms with E-state index in [1.54, 1.807) is 0 Å². The standard InChI is InChI=1S/C5H6N2O/c6-3-5(1-2-5)4(7)8/h1-2H2,(H2,7,8). The van der Waals surface area contributed by atoms with Gasteiger partial charge >= 0.3 is 0 Å². The molecule has 3 heteroatoms. The summed E-state index contributed by atoms with van der Waals surface area (Å²) in [6.45, 7) is 0. The largest absolute Gasteiger partial charge is 0.368 e. The zero-order valence-electron chi connectivity index (χ0n) is 4.35. The molecule has 0 aromatic heterocycles. The van der Waals surface area contributed by atoms with Crippen LogP contribution in [0.2, 0.25) is 0 Å². The highest BCUT2D eigenvalue weighted by atomic mass is 16.1. The fraction of sp³-hybridized carbons (Fsp3) is 0.600. The molecule has 1 saturated carbocycles. The van der Waals surface area contributed by atoms with E-state index < -0.39 is 11.3 Å². The molecule has 0 aliphatic heterocycles. The van der Waals surface area contributed by atoms with Gasteiger partial charge in [0.05, 0.1) is 6.07 Å². The summed E-state index contributed by atoms with van der Waals surface area (Å²) >= 11 is 0. The Kier molecular flexibility index (Phi) is 0.779. The van der Waals surface area contributed by atoms with Crippen molar-refractivity contribution in [2.24, 2.45) is 11.1 Å². The van der Waals surface area contributed by atoms with Crippen molar-refractivity contribution in [3.05, 3.63) is 0 Å². The first kappa shape index (κ1) is 5.10. The molecule has 1 aliphatic carbocycles. The second-order valence-corrected chi connectivity index (χ2v) is 2.06. The Hall–Kier alpha value is -1.04. The van der Waals surface area contributed by atoms with Gasteiger partial charge in [0, 0.05) is 0 Å². The van der Waals surface area contributed by atoms with Crippen LogP contribution in [0.4, 0.5) is 0 Å². The molecule has 3 nitrogen and oxygen atoms in total. The molecule has 0 bridgehead atoms. The van der Waals surface area contributed by atoms with E-state index in [9.17, 15) is 4.79 Å². The van der Waals surface area contributed by atoms with E-state index in [4.69, 9.17) is 11.0 Å². The quantitative estimate of drug-likeness (QED) is 0.506. The molecule has 1 rings (SSSR count). The fourth-order valence-corrected chi connectivity index (χ4v) is 0.538. The number of nitrogens with two attached hydrogens (primary N) is 1. The van der Waals surface area contributed by atoms with Crippen molar-refractivity contribution in [3.63, 3.8) is 0 Å². The normalized spacial score (nSPS) is 21.4. The Labute approximate surface area is 47.1 Å². The molecule has 1 amide bonds. The van der Waals surface area contributed by atoms with E-state index in [1.807, 2.05) is 6.07 Å². The van der Waals surface area contributed by atoms with Gasteiger partial charge in [0.1, 0.15) is 5.41 Å². The second kappa shape index (κ2) is 1.22. The maximum atomic E-state index is 10.3. The molecule has 0 radical (unpaired) electrons. The van der Waals surface area contributed by atoms with Gasteiger partial charge in [-0.25, -0.2) is 0 Å². The average Bonchev–Trinajstić information content (AvgIpc) is 2.44. The summed E-state index contributed by atoms with van der Waals surface area (Å²) in [5.41, 5.74) is 4.12. The van der Waals surface area contributed by atoms with Gasteiger partial charge in [-0.3, -0.25) is 4.79 Å². The zero-order chi connectivity index (χ0) is 6.20. The van der Waals surface area contributed by atoms with Gasteiger partial charge in [0.25, 0.3) is 0 Å². The van der Waals surface area contributed by atoms with Crippen molar-refractivity contribution >= 4 is 5.91 Å². The summed E-state index contributed by atoms with van der Waals surface area (Å²) in [4.78, 5) is 10.3. The first-order valence-corrected chi connectivity index (χ1v) is 2.42. The first-order chi connectivity index (χ1) is 3.71. The van der Waals surface area contributed by atoms with Crippen LogP contribution in [0, 0.1) is 16.7 Å². The van der Waals surface area contributed by atoms with Gasteiger partial charge in [-0.05, 0) is 12.8 Å². The second-order valence-electron chi connectivity index (χ2n) is 2.06. The highest BCUT2D eigenvalue weighted by Gasteiger charge is 2.49. The summed E-state index contributed by atoms with van der Waals surface area (Å²) in [6, 6.07) is 1.88. The molecule has 0 spiro atoms. The minimum atomic E-state index is -0.764. The summed E-state index contributed by atoms with van der Waals surface area (Å²) < 4.78 is 0. The van der Waals surface area contributed by atoms with Crippen LogP contribution in [0.3, 0.4) is 0 Å². The van der Waals surface area contributed by atoms with Crippen LogP contribution in [0.5, 0.6) is 0 Å². The Bertz CT molecular complexity index is 164. The molecule has 0 heterocycles. The van der Waals surface area contributed by atoms with E-state index >= 15 is 0 Å². The lowest BCUT2D eigenvalue weighted by Gasteiger charge is -1.92. The van der Waals surface area contributed by atoms with E-state index in [1.165, 1.54) is 0 Å². The number of hydrogen-bond donors (Lipinski definition) is 1. The maximum Gasteiger partial charge on any atom is 0.237 e. The number of carbonyl (C=O) groups excluding carboxylic acids is 1. The predicted molar refractivity (Wildman–Crippen MR) is 26.5 cm³/mol. The van der Waals surface area contributed by atoms with Gasteiger partial charge in [0.15, 0.2) is 0 Å². The van der Waals surface area contributed by atoms with Gasteiger partial charge in [-0.15, -0.1) is 0 Å². The number of nitriles is 1. The van der Waals surface area contributed by atoms with Crippen molar-refractivity contribution in [1.29, 1.82) is 5.26 Å². The topological polar surface area (TPSA) is 66.9 Å². The Balaban J connectivity index is 2.71. The lowest BCUT2D eigenvalue weighted by atomic mass is 10.1. The minimum absolute atomic E-state index is 0.472. The number of primary amides is 1. The maximum absolute atomic E-state index is 10.3. The van der Waals surface area contributed by atoms with E-state index in [0.717, 1.165) is 0 Å². The van der Waals surface area contributed by atoms with Crippen LogP contribution >= 0.6 is 0 Å². The van der Waals surface area contributed by atoms with Crippen molar-refractivity contribution < 1.29 is 4.79 Å². The number of nitrogens with zero attached hydrogens (tertiary/aromatic N) is 1. The van der Waals surface area contributed by atoms with Gasteiger partial charge in [0.2, 0.25) is 5.91 Å². The van der Waals surface area contributed by atoms with E-state index in [0.29, 0.717) is 12.8 Å². The van der Waals surface area contributed by atoms with Crippen LogP contribution in [0.1, 0.15) is 12.8 Å². The molecule has 1 aliphatic rings.